The van der Waals surface area contributed by atoms with Gasteiger partial charge in [0.15, 0.2) is 0 Å². The summed E-state index contributed by atoms with van der Waals surface area (Å²) in [6, 6.07) is 9.21. The van der Waals surface area contributed by atoms with E-state index >= 15 is 0 Å². The summed E-state index contributed by atoms with van der Waals surface area (Å²) in [6.07, 6.45) is 1.42. The van der Waals surface area contributed by atoms with E-state index in [-0.39, 0.29) is 11.8 Å². The lowest BCUT2D eigenvalue weighted by molar-refractivity contribution is 0.465. The summed E-state index contributed by atoms with van der Waals surface area (Å²) in [5.74, 6) is 1.06. The van der Waals surface area contributed by atoms with Crippen molar-refractivity contribution in [3.8, 4) is 11.6 Å². The number of rotatable bonds is 2. The minimum atomic E-state index is 0.134. The van der Waals surface area contributed by atoms with Crippen molar-refractivity contribution in [2.24, 2.45) is 0 Å². The Bertz CT molecular complexity index is 458. The Morgan fingerprint density at radius 3 is 2.53 bits per heavy atom. The van der Waals surface area contributed by atoms with Gasteiger partial charge in [0.2, 0.25) is 11.8 Å². The first-order chi connectivity index (χ1) is 7.25. The van der Waals surface area contributed by atoms with Gasteiger partial charge in [-0.1, -0.05) is 18.2 Å². The van der Waals surface area contributed by atoms with Crippen LogP contribution in [0.5, 0.6) is 11.6 Å². The van der Waals surface area contributed by atoms with Gasteiger partial charge < -0.3 is 16.2 Å². The second-order valence-electron chi connectivity index (χ2n) is 2.90. The Morgan fingerprint density at radius 1 is 1.07 bits per heavy atom. The molecular weight excluding hydrogens is 192 g/mol. The van der Waals surface area contributed by atoms with E-state index in [9.17, 15) is 0 Å². The van der Waals surface area contributed by atoms with Gasteiger partial charge in [-0.2, -0.15) is 4.98 Å². The standard InChI is InChI=1S/C10H10N4O/c11-8-6-13-10(12)14-9(8)15-7-4-2-1-3-5-7/h1-6H,11H2,(H2,12,13,14). The molecule has 5 heteroatoms. The third-order valence-corrected chi connectivity index (χ3v) is 1.76. The van der Waals surface area contributed by atoms with E-state index in [2.05, 4.69) is 9.97 Å². The summed E-state index contributed by atoms with van der Waals surface area (Å²) in [6.45, 7) is 0. The minimum Gasteiger partial charge on any atom is -0.437 e. The van der Waals surface area contributed by atoms with Gasteiger partial charge in [-0.3, -0.25) is 0 Å². The van der Waals surface area contributed by atoms with E-state index < -0.39 is 0 Å². The van der Waals surface area contributed by atoms with Crippen LogP contribution < -0.4 is 16.2 Å². The van der Waals surface area contributed by atoms with Crippen molar-refractivity contribution in [1.29, 1.82) is 0 Å². The van der Waals surface area contributed by atoms with E-state index in [1.165, 1.54) is 6.20 Å². The number of hydrogen-bond acceptors (Lipinski definition) is 5. The molecular formula is C10H10N4O. The number of nitrogens with zero attached hydrogens (tertiary/aromatic N) is 2. The highest BCUT2D eigenvalue weighted by Gasteiger charge is 2.04. The van der Waals surface area contributed by atoms with E-state index in [1.807, 2.05) is 18.2 Å². The number of anilines is 2. The van der Waals surface area contributed by atoms with Gasteiger partial charge in [-0.15, -0.1) is 0 Å². The van der Waals surface area contributed by atoms with Gasteiger partial charge in [0, 0.05) is 0 Å². The van der Waals surface area contributed by atoms with Crippen LogP contribution in [-0.2, 0) is 0 Å². The SMILES string of the molecule is Nc1ncc(N)c(Oc2ccccc2)n1. The molecule has 0 aliphatic rings. The monoisotopic (exact) mass is 202 g/mol. The summed E-state index contributed by atoms with van der Waals surface area (Å²) in [5, 5.41) is 0. The molecule has 1 heterocycles. The van der Waals surface area contributed by atoms with E-state index in [0.29, 0.717) is 11.4 Å². The van der Waals surface area contributed by atoms with Crippen molar-refractivity contribution >= 4 is 11.6 Å². The molecule has 1 aromatic carbocycles. The van der Waals surface area contributed by atoms with Crippen LogP contribution in [0.4, 0.5) is 11.6 Å². The van der Waals surface area contributed by atoms with Crippen molar-refractivity contribution in [3.05, 3.63) is 36.5 Å². The van der Waals surface area contributed by atoms with Crippen molar-refractivity contribution < 1.29 is 4.74 Å². The van der Waals surface area contributed by atoms with Crippen LogP contribution >= 0.6 is 0 Å². The predicted octanol–water partition coefficient (Wildman–Crippen LogP) is 1.43. The zero-order valence-electron chi connectivity index (χ0n) is 7.92. The number of nitrogen functional groups attached to an aromatic ring is 2. The molecule has 0 spiro atoms. The first-order valence-electron chi connectivity index (χ1n) is 4.36. The molecule has 15 heavy (non-hydrogen) atoms. The van der Waals surface area contributed by atoms with Crippen LogP contribution in [0.15, 0.2) is 36.5 Å². The highest BCUT2D eigenvalue weighted by molar-refractivity contribution is 5.49. The number of benzene rings is 1. The minimum absolute atomic E-state index is 0.134. The number of aromatic nitrogens is 2. The third kappa shape index (κ3) is 2.14. The highest BCUT2D eigenvalue weighted by Crippen LogP contribution is 2.24. The van der Waals surface area contributed by atoms with Crippen LogP contribution in [0.25, 0.3) is 0 Å². The predicted molar refractivity (Wildman–Crippen MR) is 57.4 cm³/mol. The zero-order valence-corrected chi connectivity index (χ0v) is 7.92. The maximum Gasteiger partial charge on any atom is 0.247 e. The Kier molecular flexibility index (Phi) is 2.37. The zero-order chi connectivity index (χ0) is 10.7. The van der Waals surface area contributed by atoms with Crippen LogP contribution in [0.1, 0.15) is 0 Å². The first kappa shape index (κ1) is 9.26. The van der Waals surface area contributed by atoms with Gasteiger partial charge in [0.25, 0.3) is 0 Å². The molecule has 0 bridgehead atoms. The van der Waals surface area contributed by atoms with Gasteiger partial charge in [0.05, 0.1) is 6.20 Å². The lowest BCUT2D eigenvalue weighted by Gasteiger charge is -2.06. The average molecular weight is 202 g/mol. The number of nitrogens with two attached hydrogens (primary N) is 2. The fourth-order valence-electron chi connectivity index (χ4n) is 1.07. The molecule has 0 aliphatic heterocycles. The molecule has 0 aliphatic carbocycles. The molecule has 0 radical (unpaired) electrons. The molecule has 0 unspecified atom stereocenters. The molecule has 0 saturated heterocycles. The molecule has 4 N–H and O–H groups in total. The molecule has 0 saturated carbocycles. The molecule has 0 amide bonds. The van der Waals surface area contributed by atoms with Gasteiger partial charge in [0.1, 0.15) is 11.4 Å². The highest BCUT2D eigenvalue weighted by atomic mass is 16.5. The molecule has 0 atom stereocenters. The topological polar surface area (TPSA) is 87.0 Å². The fraction of sp³-hybridized carbons (Fsp3) is 0. The van der Waals surface area contributed by atoms with Crippen LogP contribution in [0.2, 0.25) is 0 Å². The Hall–Kier alpha value is -2.30. The molecule has 0 fully saturated rings. The van der Waals surface area contributed by atoms with Crippen LogP contribution in [-0.4, -0.2) is 9.97 Å². The van der Waals surface area contributed by atoms with Crippen molar-refractivity contribution in [2.75, 3.05) is 11.5 Å². The molecule has 5 nitrogen and oxygen atoms in total. The van der Waals surface area contributed by atoms with E-state index in [1.54, 1.807) is 12.1 Å². The normalized spacial score (nSPS) is 9.87. The maximum absolute atomic E-state index is 5.63. The van der Waals surface area contributed by atoms with E-state index in [4.69, 9.17) is 16.2 Å². The maximum atomic E-state index is 5.63. The Labute approximate surface area is 86.7 Å². The smallest absolute Gasteiger partial charge is 0.247 e. The Balaban J connectivity index is 2.28. The number of hydrogen-bond donors (Lipinski definition) is 2. The number of ether oxygens (including phenoxy) is 1. The summed E-state index contributed by atoms with van der Waals surface area (Å²) < 4.78 is 5.43. The quantitative estimate of drug-likeness (QED) is 0.769. The lowest BCUT2D eigenvalue weighted by Crippen LogP contribution is -2.00. The van der Waals surface area contributed by atoms with E-state index in [0.717, 1.165) is 0 Å². The summed E-state index contributed by atoms with van der Waals surface area (Å²) in [5.41, 5.74) is 11.4. The molecule has 2 rings (SSSR count). The number of para-hydroxylation sites is 1. The van der Waals surface area contributed by atoms with Crippen molar-refractivity contribution in [1.82, 2.24) is 9.97 Å². The van der Waals surface area contributed by atoms with Crippen molar-refractivity contribution in [3.63, 3.8) is 0 Å². The lowest BCUT2D eigenvalue weighted by atomic mass is 10.3. The third-order valence-electron chi connectivity index (χ3n) is 1.76. The summed E-state index contributed by atoms with van der Waals surface area (Å²) in [7, 11) is 0. The summed E-state index contributed by atoms with van der Waals surface area (Å²) >= 11 is 0. The van der Waals surface area contributed by atoms with Gasteiger partial charge >= 0.3 is 0 Å². The second kappa shape index (κ2) is 3.83. The first-order valence-corrected chi connectivity index (χ1v) is 4.36. The molecule has 76 valence electrons. The second-order valence-corrected chi connectivity index (χ2v) is 2.90. The molecule has 2 aromatic rings. The average Bonchev–Trinajstić information content (AvgIpc) is 2.25. The summed E-state index contributed by atoms with van der Waals surface area (Å²) in [4.78, 5) is 7.63. The van der Waals surface area contributed by atoms with Gasteiger partial charge in [-0.25, -0.2) is 4.98 Å². The fourth-order valence-corrected chi connectivity index (χ4v) is 1.07. The van der Waals surface area contributed by atoms with Gasteiger partial charge in [-0.05, 0) is 12.1 Å². The largest absolute Gasteiger partial charge is 0.437 e. The van der Waals surface area contributed by atoms with Crippen molar-refractivity contribution in [2.45, 2.75) is 0 Å². The van der Waals surface area contributed by atoms with Crippen LogP contribution in [0, 0.1) is 0 Å². The Morgan fingerprint density at radius 2 is 1.80 bits per heavy atom. The van der Waals surface area contributed by atoms with Crippen LogP contribution in [0.3, 0.4) is 0 Å². The molecule has 1 aromatic heterocycles.